The molecule has 0 bridgehead atoms. The third-order valence-electron chi connectivity index (χ3n) is 7.15. The highest BCUT2D eigenvalue weighted by Gasteiger charge is 2.19. The highest BCUT2D eigenvalue weighted by atomic mass is 16.3. The minimum atomic E-state index is -0.933. The Hall–Kier alpha value is -1.48. The first-order valence-electron chi connectivity index (χ1n) is 12.8. The van der Waals surface area contributed by atoms with Crippen LogP contribution in [0, 0.1) is 38.5 Å². The predicted octanol–water partition coefficient (Wildman–Crippen LogP) is 8.23. The fourth-order valence-corrected chi connectivity index (χ4v) is 4.48. The maximum absolute atomic E-state index is 10.8. The van der Waals surface area contributed by atoms with Gasteiger partial charge in [-0.2, -0.15) is 0 Å². The molecule has 0 heterocycles. The summed E-state index contributed by atoms with van der Waals surface area (Å²) in [6, 6.07) is 0. The first-order valence-corrected chi connectivity index (χ1v) is 12.8. The van der Waals surface area contributed by atoms with Gasteiger partial charge in [-0.1, -0.05) is 91.2 Å². The summed E-state index contributed by atoms with van der Waals surface area (Å²) in [6.07, 6.45) is 14.3. The van der Waals surface area contributed by atoms with Crippen molar-refractivity contribution in [2.75, 3.05) is 0 Å². The Labute approximate surface area is 198 Å². The molecule has 32 heavy (non-hydrogen) atoms. The monoisotopic (exact) mass is 446 g/mol. The van der Waals surface area contributed by atoms with Gasteiger partial charge in [-0.3, -0.25) is 0 Å². The van der Waals surface area contributed by atoms with Gasteiger partial charge < -0.3 is 15.3 Å². The van der Waals surface area contributed by atoms with E-state index in [1.807, 2.05) is 6.92 Å². The topological polar surface area (TPSA) is 60.7 Å². The van der Waals surface area contributed by atoms with E-state index in [1.165, 1.54) is 38.5 Å². The number of aromatic hydroxyl groups is 2. The fourth-order valence-electron chi connectivity index (χ4n) is 4.48. The second-order valence-corrected chi connectivity index (χ2v) is 11.0. The zero-order chi connectivity index (χ0) is 24.5. The molecule has 184 valence electrons. The lowest BCUT2D eigenvalue weighted by Gasteiger charge is -2.21. The molecule has 0 saturated carbocycles. The summed E-state index contributed by atoms with van der Waals surface area (Å²) in [5.41, 5.74) is 1.67. The lowest BCUT2D eigenvalue weighted by atomic mass is 9.89. The average molecular weight is 447 g/mol. The van der Waals surface area contributed by atoms with Gasteiger partial charge >= 0.3 is 0 Å². The summed E-state index contributed by atoms with van der Waals surface area (Å²) in [5, 5.41) is 31.6. The highest BCUT2D eigenvalue weighted by Crippen LogP contribution is 2.37. The molecule has 3 atom stereocenters. The van der Waals surface area contributed by atoms with Crippen molar-refractivity contribution in [2.24, 2.45) is 17.8 Å². The van der Waals surface area contributed by atoms with E-state index in [0.29, 0.717) is 34.6 Å². The van der Waals surface area contributed by atoms with E-state index in [1.54, 1.807) is 32.9 Å². The highest BCUT2D eigenvalue weighted by molar-refractivity contribution is 5.69. The van der Waals surface area contributed by atoms with Gasteiger partial charge in [0.25, 0.3) is 0 Å². The van der Waals surface area contributed by atoms with Crippen molar-refractivity contribution in [2.45, 2.75) is 119 Å². The van der Waals surface area contributed by atoms with Crippen molar-refractivity contribution in [3.8, 4) is 11.5 Å². The van der Waals surface area contributed by atoms with E-state index in [2.05, 4.69) is 27.7 Å². The Morgan fingerprint density at radius 3 is 1.72 bits per heavy atom. The third-order valence-corrected chi connectivity index (χ3v) is 7.15. The van der Waals surface area contributed by atoms with Crippen LogP contribution in [0.1, 0.15) is 115 Å². The maximum Gasteiger partial charge on any atom is 0.126 e. The number of phenols is 2. The molecule has 0 amide bonds. The van der Waals surface area contributed by atoms with Crippen molar-refractivity contribution >= 4 is 6.08 Å². The van der Waals surface area contributed by atoms with Crippen LogP contribution < -0.4 is 0 Å². The zero-order valence-corrected chi connectivity index (χ0v) is 22.1. The van der Waals surface area contributed by atoms with Gasteiger partial charge in [0, 0.05) is 11.1 Å². The van der Waals surface area contributed by atoms with Gasteiger partial charge in [0.05, 0.1) is 5.60 Å². The van der Waals surface area contributed by atoms with Gasteiger partial charge in [-0.05, 0) is 63.0 Å². The number of hydrogen-bond donors (Lipinski definition) is 3. The number of aliphatic hydroxyl groups is 1. The molecular formula is C29H50O3. The van der Waals surface area contributed by atoms with Crippen molar-refractivity contribution in [1.29, 1.82) is 0 Å². The summed E-state index contributed by atoms with van der Waals surface area (Å²) in [4.78, 5) is 0. The zero-order valence-electron chi connectivity index (χ0n) is 22.1. The van der Waals surface area contributed by atoms with Crippen LogP contribution in [0.5, 0.6) is 11.5 Å². The standard InChI is InChI=1S/C29H50O3/c1-20(2)12-9-13-21(3)14-10-15-22(4)16-11-18-29(8,32)19-17-26-25(7)27(30)23(5)24(6)28(26)31/h17,19-22,30-32H,9-16,18H2,1-8H3/t21-,22-,29-/m1/s1. The Kier molecular flexibility index (Phi) is 11.9. The van der Waals surface area contributed by atoms with Crippen molar-refractivity contribution in [3.63, 3.8) is 0 Å². The lowest BCUT2D eigenvalue weighted by Crippen LogP contribution is -2.20. The minimum absolute atomic E-state index is 0.178. The number of benzene rings is 1. The van der Waals surface area contributed by atoms with E-state index in [9.17, 15) is 15.3 Å². The second kappa shape index (κ2) is 13.3. The van der Waals surface area contributed by atoms with Crippen LogP contribution >= 0.6 is 0 Å². The molecule has 0 saturated heterocycles. The second-order valence-electron chi connectivity index (χ2n) is 11.0. The Balaban J connectivity index is 2.44. The van der Waals surface area contributed by atoms with Crippen LogP contribution in [0.15, 0.2) is 6.08 Å². The molecular weight excluding hydrogens is 396 g/mol. The Morgan fingerprint density at radius 2 is 1.19 bits per heavy atom. The molecule has 3 nitrogen and oxygen atoms in total. The normalized spacial score (nSPS) is 15.9. The maximum atomic E-state index is 10.8. The van der Waals surface area contributed by atoms with E-state index >= 15 is 0 Å². The molecule has 3 heteroatoms. The molecule has 1 rings (SSSR count). The van der Waals surface area contributed by atoms with Crippen LogP contribution in [0.2, 0.25) is 0 Å². The van der Waals surface area contributed by atoms with Gasteiger partial charge in [-0.15, -0.1) is 0 Å². The summed E-state index contributed by atoms with van der Waals surface area (Å²) < 4.78 is 0. The largest absolute Gasteiger partial charge is 0.507 e. The first kappa shape index (κ1) is 28.6. The molecule has 0 spiro atoms. The van der Waals surface area contributed by atoms with Crippen LogP contribution in [-0.2, 0) is 0 Å². The first-order chi connectivity index (χ1) is 14.9. The lowest BCUT2D eigenvalue weighted by molar-refractivity contribution is 0.0979. The van der Waals surface area contributed by atoms with Crippen LogP contribution in [0.4, 0.5) is 0 Å². The molecule has 0 fully saturated rings. The smallest absolute Gasteiger partial charge is 0.126 e. The SMILES string of the molecule is Cc1c(C)c(O)c(C=C[C@](C)(O)CCC[C@H](C)CCC[C@H](C)CCCC(C)C)c(C)c1O. The molecule has 0 radical (unpaired) electrons. The van der Waals surface area contributed by atoms with Gasteiger partial charge in [0.15, 0.2) is 0 Å². The Bertz CT molecular complexity index is 701. The minimum Gasteiger partial charge on any atom is -0.507 e. The fraction of sp³-hybridized carbons (Fsp3) is 0.724. The summed E-state index contributed by atoms with van der Waals surface area (Å²) in [7, 11) is 0. The summed E-state index contributed by atoms with van der Waals surface area (Å²) in [5.74, 6) is 2.72. The molecule has 0 unspecified atom stereocenters. The van der Waals surface area contributed by atoms with Crippen molar-refractivity contribution in [1.82, 2.24) is 0 Å². The number of hydrogen-bond acceptors (Lipinski definition) is 3. The van der Waals surface area contributed by atoms with E-state index in [-0.39, 0.29) is 11.5 Å². The van der Waals surface area contributed by atoms with E-state index in [0.717, 1.165) is 24.7 Å². The van der Waals surface area contributed by atoms with E-state index < -0.39 is 5.60 Å². The summed E-state index contributed by atoms with van der Waals surface area (Å²) >= 11 is 0. The van der Waals surface area contributed by atoms with Gasteiger partial charge in [-0.25, -0.2) is 0 Å². The Morgan fingerprint density at radius 1 is 0.719 bits per heavy atom. The van der Waals surface area contributed by atoms with Crippen LogP contribution in [0.3, 0.4) is 0 Å². The number of rotatable bonds is 14. The third kappa shape index (κ3) is 9.57. The van der Waals surface area contributed by atoms with Crippen molar-refractivity contribution < 1.29 is 15.3 Å². The van der Waals surface area contributed by atoms with Gasteiger partial charge in [0.2, 0.25) is 0 Å². The molecule has 0 aliphatic heterocycles. The molecule has 3 N–H and O–H groups in total. The van der Waals surface area contributed by atoms with Crippen LogP contribution in [0.25, 0.3) is 6.08 Å². The quantitative estimate of drug-likeness (QED) is 0.252. The molecule has 0 aliphatic rings. The van der Waals surface area contributed by atoms with E-state index in [4.69, 9.17) is 0 Å². The molecule has 0 aromatic heterocycles. The molecule has 0 aliphatic carbocycles. The number of phenolic OH excluding ortho intramolecular Hbond substituents is 2. The average Bonchev–Trinajstić information content (AvgIpc) is 2.70. The van der Waals surface area contributed by atoms with Crippen molar-refractivity contribution in [3.05, 3.63) is 28.3 Å². The summed E-state index contributed by atoms with van der Waals surface area (Å²) in [6.45, 7) is 16.5. The predicted molar refractivity (Wildman–Crippen MR) is 138 cm³/mol. The molecule has 1 aromatic carbocycles. The van der Waals surface area contributed by atoms with Gasteiger partial charge in [0.1, 0.15) is 11.5 Å². The molecule has 1 aromatic rings. The van der Waals surface area contributed by atoms with Crippen LogP contribution in [-0.4, -0.2) is 20.9 Å².